The number of halogens is 2. The van der Waals surface area contributed by atoms with Crippen LogP contribution in [0.25, 0.3) is 6.08 Å². The third-order valence-electron chi connectivity index (χ3n) is 3.48. The monoisotopic (exact) mass is 362 g/mol. The molecule has 0 radical (unpaired) electrons. The van der Waals surface area contributed by atoms with Gasteiger partial charge < -0.3 is 19.7 Å². The fourth-order valence-electron chi connectivity index (χ4n) is 2.18. The molecule has 0 saturated heterocycles. The van der Waals surface area contributed by atoms with Crippen molar-refractivity contribution < 1.29 is 23.0 Å². The van der Waals surface area contributed by atoms with Gasteiger partial charge in [0, 0.05) is 37.6 Å². The number of methoxy groups -OCH3 is 1. The molecular weight excluding hydrogens is 342 g/mol. The van der Waals surface area contributed by atoms with Gasteiger partial charge in [0.05, 0.1) is 7.11 Å². The quantitative estimate of drug-likeness (QED) is 0.756. The zero-order chi connectivity index (χ0) is 19.1. The Bertz CT molecular complexity index is 775. The number of alkyl halides is 2. The largest absolute Gasteiger partial charge is 0.493 e. The fourth-order valence-corrected chi connectivity index (χ4v) is 2.18. The van der Waals surface area contributed by atoms with Gasteiger partial charge in [-0.15, -0.1) is 0 Å². The molecule has 0 aliphatic rings. The number of amides is 1. The third kappa shape index (κ3) is 5.47. The van der Waals surface area contributed by atoms with E-state index in [1.54, 1.807) is 6.08 Å². The molecule has 0 aliphatic carbocycles. The molecule has 0 bridgehead atoms. The Balaban J connectivity index is 2.04. The van der Waals surface area contributed by atoms with Crippen molar-refractivity contribution in [2.24, 2.45) is 0 Å². The Morgan fingerprint density at radius 3 is 2.38 bits per heavy atom. The number of ether oxygens (including phenoxy) is 2. The van der Waals surface area contributed by atoms with Gasteiger partial charge in [-0.2, -0.15) is 8.78 Å². The second-order valence-corrected chi connectivity index (χ2v) is 5.55. The van der Waals surface area contributed by atoms with Crippen LogP contribution >= 0.6 is 0 Å². The van der Waals surface area contributed by atoms with Crippen LogP contribution in [-0.2, 0) is 4.79 Å². The van der Waals surface area contributed by atoms with E-state index >= 15 is 0 Å². The zero-order valence-electron chi connectivity index (χ0n) is 14.7. The first-order valence-corrected chi connectivity index (χ1v) is 7.78. The highest BCUT2D eigenvalue weighted by Crippen LogP contribution is 2.31. The molecule has 0 fully saturated rings. The lowest BCUT2D eigenvalue weighted by Gasteiger charge is -2.12. The second kappa shape index (κ2) is 8.84. The first-order valence-electron chi connectivity index (χ1n) is 7.78. The molecule has 0 saturated carbocycles. The number of hydrogen-bond donors (Lipinski definition) is 1. The van der Waals surface area contributed by atoms with Crippen LogP contribution in [0, 0.1) is 0 Å². The molecule has 0 atom stereocenters. The molecule has 0 aliphatic heterocycles. The summed E-state index contributed by atoms with van der Waals surface area (Å²) in [5.41, 5.74) is 2.23. The molecule has 2 rings (SSSR count). The lowest BCUT2D eigenvalue weighted by Crippen LogP contribution is -2.09. The molecule has 0 aromatic heterocycles. The van der Waals surface area contributed by atoms with Crippen molar-refractivity contribution in [3.05, 3.63) is 54.1 Å². The molecule has 2 aromatic carbocycles. The maximum atomic E-state index is 12.4. The highest BCUT2D eigenvalue weighted by molar-refractivity contribution is 6.02. The van der Waals surface area contributed by atoms with Crippen molar-refractivity contribution in [3.8, 4) is 11.5 Å². The van der Waals surface area contributed by atoms with E-state index in [1.807, 2.05) is 43.3 Å². The van der Waals surface area contributed by atoms with Crippen LogP contribution in [0.15, 0.2) is 48.5 Å². The molecule has 138 valence electrons. The Kier molecular flexibility index (Phi) is 6.54. The molecule has 1 N–H and O–H groups in total. The van der Waals surface area contributed by atoms with Gasteiger partial charge in [0.15, 0.2) is 11.5 Å². The van der Waals surface area contributed by atoms with Crippen molar-refractivity contribution in [1.82, 2.24) is 0 Å². The summed E-state index contributed by atoms with van der Waals surface area (Å²) < 4.78 is 34.2. The van der Waals surface area contributed by atoms with E-state index in [0.29, 0.717) is 5.69 Å². The molecule has 0 spiro atoms. The summed E-state index contributed by atoms with van der Waals surface area (Å²) in [5.74, 6) is -0.391. The van der Waals surface area contributed by atoms with Gasteiger partial charge >= 0.3 is 6.61 Å². The molecule has 5 nitrogen and oxygen atoms in total. The molecule has 7 heteroatoms. The summed E-state index contributed by atoms with van der Waals surface area (Å²) in [6.07, 6.45) is 3.03. The van der Waals surface area contributed by atoms with Crippen molar-refractivity contribution >= 4 is 23.4 Å². The van der Waals surface area contributed by atoms with Gasteiger partial charge in [0.2, 0.25) is 5.91 Å². The third-order valence-corrected chi connectivity index (χ3v) is 3.48. The van der Waals surface area contributed by atoms with Crippen molar-refractivity contribution in [1.29, 1.82) is 0 Å². The van der Waals surface area contributed by atoms with E-state index in [9.17, 15) is 13.6 Å². The number of hydrogen-bond acceptors (Lipinski definition) is 4. The number of nitrogens with zero attached hydrogens (tertiary/aromatic N) is 1. The number of carbonyl (C=O) groups is 1. The van der Waals surface area contributed by atoms with Crippen LogP contribution in [0.2, 0.25) is 0 Å². The van der Waals surface area contributed by atoms with Gasteiger partial charge in [0.1, 0.15) is 0 Å². The Labute approximate surface area is 150 Å². The number of nitrogens with one attached hydrogen (secondary N) is 1. The van der Waals surface area contributed by atoms with Crippen LogP contribution in [0.3, 0.4) is 0 Å². The van der Waals surface area contributed by atoms with E-state index in [-0.39, 0.29) is 11.5 Å². The predicted molar refractivity (Wildman–Crippen MR) is 98.1 cm³/mol. The SMILES string of the molecule is COc1ccc(NC(=O)/C=C/c2ccc(N(C)C)cc2)cc1OC(F)F. The first-order chi connectivity index (χ1) is 12.4. The van der Waals surface area contributed by atoms with E-state index < -0.39 is 12.5 Å². The van der Waals surface area contributed by atoms with E-state index in [4.69, 9.17) is 4.74 Å². The first kappa shape index (κ1) is 19.2. The standard InChI is InChI=1S/C19H20F2N2O3/c1-23(2)15-8-4-13(5-9-15)6-11-18(24)22-14-7-10-16(25-3)17(12-14)26-19(20)21/h4-12,19H,1-3H3,(H,22,24)/b11-6+. The Morgan fingerprint density at radius 1 is 1.12 bits per heavy atom. The van der Waals surface area contributed by atoms with E-state index in [2.05, 4.69) is 10.1 Å². The fraction of sp³-hybridized carbons (Fsp3) is 0.211. The number of rotatable bonds is 7. The highest BCUT2D eigenvalue weighted by Gasteiger charge is 2.12. The van der Waals surface area contributed by atoms with Crippen molar-refractivity contribution in [2.45, 2.75) is 6.61 Å². The summed E-state index contributed by atoms with van der Waals surface area (Å²) in [6.45, 7) is -2.99. The lowest BCUT2D eigenvalue weighted by molar-refractivity contribution is -0.111. The lowest BCUT2D eigenvalue weighted by atomic mass is 10.2. The van der Waals surface area contributed by atoms with Gasteiger partial charge in [-0.1, -0.05) is 12.1 Å². The van der Waals surface area contributed by atoms with Gasteiger partial charge in [-0.25, -0.2) is 0 Å². The minimum atomic E-state index is -2.99. The molecule has 26 heavy (non-hydrogen) atoms. The van der Waals surface area contributed by atoms with Gasteiger partial charge in [-0.3, -0.25) is 4.79 Å². The van der Waals surface area contributed by atoms with E-state index in [0.717, 1.165) is 11.3 Å². The Hall–Kier alpha value is -3.09. The minimum absolute atomic E-state index is 0.149. The van der Waals surface area contributed by atoms with Crippen LogP contribution in [0.5, 0.6) is 11.5 Å². The molecule has 0 unspecified atom stereocenters. The second-order valence-electron chi connectivity index (χ2n) is 5.55. The summed E-state index contributed by atoms with van der Waals surface area (Å²) in [4.78, 5) is 14.0. The average Bonchev–Trinajstić information content (AvgIpc) is 2.60. The number of anilines is 2. The topological polar surface area (TPSA) is 50.8 Å². The van der Waals surface area contributed by atoms with Gasteiger partial charge in [0.25, 0.3) is 0 Å². The minimum Gasteiger partial charge on any atom is -0.493 e. The molecule has 0 heterocycles. The van der Waals surface area contributed by atoms with Crippen LogP contribution < -0.4 is 19.7 Å². The summed E-state index contributed by atoms with van der Waals surface area (Å²) >= 11 is 0. The van der Waals surface area contributed by atoms with Crippen LogP contribution in [0.1, 0.15) is 5.56 Å². The normalized spacial score (nSPS) is 10.8. The molecule has 1 amide bonds. The zero-order valence-corrected chi connectivity index (χ0v) is 14.7. The summed E-state index contributed by atoms with van der Waals surface area (Å²) in [7, 11) is 5.23. The predicted octanol–water partition coefficient (Wildman–Crippen LogP) is 4.01. The Morgan fingerprint density at radius 2 is 1.81 bits per heavy atom. The van der Waals surface area contributed by atoms with Crippen LogP contribution in [-0.4, -0.2) is 33.7 Å². The maximum absolute atomic E-state index is 12.4. The number of carbonyl (C=O) groups excluding carboxylic acids is 1. The van der Waals surface area contributed by atoms with Crippen molar-refractivity contribution in [3.63, 3.8) is 0 Å². The smallest absolute Gasteiger partial charge is 0.387 e. The molecule has 2 aromatic rings. The number of benzene rings is 2. The summed E-state index contributed by atoms with van der Waals surface area (Å²) in [6, 6.07) is 11.9. The van der Waals surface area contributed by atoms with Gasteiger partial charge in [-0.05, 0) is 35.9 Å². The van der Waals surface area contributed by atoms with Crippen molar-refractivity contribution in [2.75, 3.05) is 31.4 Å². The highest BCUT2D eigenvalue weighted by atomic mass is 19.3. The maximum Gasteiger partial charge on any atom is 0.387 e. The van der Waals surface area contributed by atoms with E-state index in [1.165, 1.54) is 31.4 Å². The summed E-state index contributed by atoms with van der Waals surface area (Å²) in [5, 5.41) is 2.59. The van der Waals surface area contributed by atoms with Crippen LogP contribution in [0.4, 0.5) is 20.2 Å². The average molecular weight is 362 g/mol. The molecular formula is C19H20F2N2O3.